The van der Waals surface area contributed by atoms with Gasteiger partial charge in [0, 0.05) is 37.8 Å². The SMILES string of the molecule is Cc1cnc(C(=O)N2CCC[C@H](c3noc(C)n3)C2)[nH]1. The Kier molecular flexibility index (Phi) is 3.25. The Balaban J connectivity index is 1.73. The van der Waals surface area contributed by atoms with E-state index in [1.165, 1.54) is 0 Å². The summed E-state index contributed by atoms with van der Waals surface area (Å²) in [4.78, 5) is 25.5. The first kappa shape index (κ1) is 12.8. The normalized spacial score (nSPS) is 19.3. The van der Waals surface area contributed by atoms with Crippen molar-refractivity contribution in [2.45, 2.75) is 32.6 Å². The number of aromatic nitrogens is 4. The van der Waals surface area contributed by atoms with Crippen LogP contribution in [0.25, 0.3) is 0 Å². The molecule has 1 saturated heterocycles. The van der Waals surface area contributed by atoms with Crippen LogP contribution >= 0.6 is 0 Å². The Hall–Kier alpha value is -2.18. The molecule has 0 bridgehead atoms. The average molecular weight is 275 g/mol. The highest BCUT2D eigenvalue weighted by atomic mass is 16.5. The lowest BCUT2D eigenvalue weighted by atomic mass is 9.97. The predicted molar refractivity (Wildman–Crippen MR) is 70.2 cm³/mol. The summed E-state index contributed by atoms with van der Waals surface area (Å²) in [5.74, 6) is 1.72. The fourth-order valence-corrected chi connectivity index (χ4v) is 2.52. The molecule has 1 aliphatic rings. The molecule has 0 saturated carbocycles. The van der Waals surface area contributed by atoms with Crippen molar-refractivity contribution < 1.29 is 9.32 Å². The number of hydrogen-bond acceptors (Lipinski definition) is 5. The zero-order valence-electron chi connectivity index (χ0n) is 11.6. The Labute approximate surface area is 116 Å². The lowest BCUT2D eigenvalue weighted by molar-refractivity contribution is 0.0692. The number of piperidine rings is 1. The summed E-state index contributed by atoms with van der Waals surface area (Å²) in [6.45, 7) is 5.00. The zero-order chi connectivity index (χ0) is 14.1. The molecule has 1 fully saturated rings. The predicted octanol–water partition coefficient (Wildman–Crippen LogP) is 1.43. The van der Waals surface area contributed by atoms with E-state index in [1.54, 1.807) is 18.0 Å². The molecule has 1 aliphatic heterocycles. The maximum absolute atomic E-state index is 12.4. The molecule has 7 heteroatoms. The van der Waals surface area contributed by atoms with Crippen LogP contribution in [0.2, 0.25) is 0 Å². The van der Waals surface area contributed by atoms with Gasteiger partial charge in [0.2, 0.25) is 5.89 Å². The third-order valence-corrected chi connectivity index (χ3v) is 3.52. The summed E-state index contributed by atoms with van der Waals surface area (Å²) >= 11 is 0. The molecule has 0 radical (unpaired) electrons. The smallest absolute Gasteiger partial charge is 0.289 e. The van der Waals surface area contributed by atoms with Gasteiger partial charge in [-0.1, -0.05) is 5.16 Å². The van der Waals surface area contributed by atoms with Crippen molar-refractivity contribution in [1.29, 1.82) is 0 Å². The number of H-pyrrole nitrogens is 1. The van der Waals surface area contributed by atoms with Crippen LogP contribution in [0.1, 0.15) is 46.8 Å². The largest absolute Gasteiger partial charge is 0.340 e. The zero-order valence-corrected chi connectivity index (χ0v) is 11.6. The van der Waals surface area contributed by atoms with E-state index in [0.29, 0.717) is 24.1 Å². The van der Waals surface area contributed by atoms with Gasteiger partial charge in [0.1, 0.15) is 0 Å². The summed E-state index contributed by atoms with van der Waals surface area (Å²) in [5, 5.41) is 3.96. The Bertz CT molecular complexity index is 618. The van der Waals surface area contributed by atoms with E-state index in [1.807, 2.05) is 6.92 Å². The number of nitrogens with one attached hydrogen (secondary N) is 1. The minimum Gasteiger partial charge on any atom is -0.340 e. The molecule has 0 spiro atoms. The monoisotopic (exact) mass is 275 g/mol. The van der Waals surface area contributed by atoms with Gasteiger partial charge >= 0.3 is 0 Å². The molecule has 1 N–H and O–H groups in total. The minimum absolute atomic E-state index is 0.0667. The third kappa shape index (κ3) is 2.43. The van der Waals surface area contributed by atoms with E-state index in [-0.39, 0.29) is 11.8 Å². The van der Waals surface area contributed by atoms with Crippen LogP contribution in [0.4, 0.5) is 0 Å². The number of likely N-dealkylation sites (tertiary alicyclic amines) is 1. The lowest BCUT2D eigenvalue weighted by Gasteiger charge is -2.30. The van der Waals surface area contributed by atoms with E-state index < -0.39 is 0 Å². The maximum atomic E-state index is 12.4. The highest BCUT2D eigenvalue weighted by Crippen LogP contribution is 2.25. The van der Waals surface area contributed by atoms with Crippen LogP contribution < -0.4 is 0 Å². The highest BCUT2D eigenvalue weighted by Gasteiger charge is 2.29. The Morgan fingerprint density at radius 1 is 1.50 bits per heavy atom. The molecule has 2 aromatic rings. The van der Waals surface area contributed by atoms with Gasteiger partial charge in [-0.2, -0.15) is 4.98 Å². The molecule has 2 aromatic heterocycles. The van der Waals surface area contributed by atoms with Gasteiger partial charge in [-0.25, -0.2) is 4.98 Å². The van der Waals surface area contributed by atoms with Gasteiger partial charge in [-0.05, 0) is 19.8 Å². The average Bonchev–Trinajstić information content (AvgIpc) is 3.07. The van der Waals surface area contributed by atoms with E-state index in [0.717, 1.165) is 25.1 Å². The van der Waals surface area contributed by atoms with Gasteiger partial charge in [-0.3, -0.25) is 4.79 Å². The van der Waals surface area contributed by atoms with Crippen LogP contribution in [0, 0.1) is 13.8 Å². The number of carbonyl (C=O) groups is 1. The van der Waals surface area contributed by atoms with Crippen LogP contribution in [-0.4, -0.2) is 44.0 Å². The van der Waals surface area contributed by atoms with E-state index >= 15 is 0 Å². The molecule has 106 valence electrons. The molecular weight excluding hydrogens is 258 g/mol. The van der Waals surface area contributed by atoms with Gasteiger partial charge in [-0.15, -0.1) is 0 Å². The van der Waals surface area contributed by atoms with E-state index in [2.05, 4.69) is 20.1 Å². The maximum Gasteiger partial charge on any atom is 0.289 e. The number of rotatable bonds is 2. The van der Waals surface area contributed by atoms with Crippen molar-refractivity contribution in [2.24, 2.45) is 0 Å². The second-order valence-corrected chi connectivity index (χ2v) is 5.18. The quantitative estimate of drug-likeness (QED) is 0.895. The highest BCUT2D eigenvalue weighted by molar-refractivity contribution is 5.90. The number of imidazole rings is 1. The first-order chi connectivity index (χ1) is 9.63. The third-order valence-electron chi connectivity index (χ3n) is 3.52. The molecular formula is C13H17N5O2. The Morgan fingerprint density at radius 3 is 3.00 bits per heavy atom. The topological polar surface area (TPSA) is 87.9 Å². The summed E-state index contributed by atoms with van der Waals surface area (Å²) in [5.41, 5.74) is 0.885. The molecule has 3 rings (SSSR count). The number of aryl methyl sites for hydroxylation is 2. The van der Waals surface area contributed by atoms with Crippen LogP contribution in [0.5, 0.6) is 0 Å². The van der Waals surface area contributed by atoms with Crippen molar-refractivity contribution >= 4 is 5.91 Å². The van der Waals surface area contributed by atoms with Crippen molar-refractivity contribution in [3.63, 3.8) is 0 Å². The second-order valence-electron chi connectivity index (χ2n) is 5.18. The molecule has 1 atom stereocenters. The lowest BCUT2D eigenvalue weighted by Crippen LogP contribution is -2.39. The van der Waals surface area contributed by atoms with Crippen molar-refractivity contribution in [3.05, 3.63) is 29.4 Å². The van der Waals surface area contributed by atoms with Gasteiger partial charge in [0.25, 0.3) is 5.91 Å². The number of amides is 1. The standard InChI is InChI=1S/C13H17N5O2/c1-8-6-14-12(15-8)13(19)18-5-3-4-10(7-18)11-16-9(2)20-17-11/h6,10H,3-5,7H2,1-2H3,(H,14,15)/t10-/m0/s1. The molecule has 20 heavy (non-hydrogen) atoms. The molecule has 1 amide bonds. The fraction of sp³-hybridized carbons (Fsp3) is 0.538. The number of aromatic amines is 1. The molecule has 0 aliphatic carbocycles. The molecule has 7 nitrogen and oxygen atoms in total. The second kappa shape index (κ2) is 5.07. The van der Waals surface area contributed by atoms with Gasteiger partial charge < -0.3 is 14.4 Å². The first-order valence-electron chi connectivity index (χ1n) is 6.74. The minimum atomic E-state index is -0.0667. The van der Waals surface area contributed by atoms with E-state index in [4.69, 9.17) is 4.52 Å². The van der Waals surface area contributed by atoms with Crippen molar-refractivity contribution in [1.82, 2.24) is 25.0 Å². The summed E-state index contributed by atoms with van der Waals surface area (Å²) in [6, 6.07) is 0. The molecule has 0 unspecified atom stereocenters. The van der Waals surface area contributed by atoms with Crippen molar-refractivity contribution in [2.75, 3.05) is 13.1 Å². The van der Waals surface area contributed by atoms with E-state index in [9.17, 15) is 4.79 Å². The molecule has 0 aromatic carbocycles. The fourth-order valence-electron chi connectivity index (χ4n) is 2.52. The number of hydrogen-bond donors (Lipinski definition) is 1. The van der Waals surface area contributed by atoms with Crippen LogP contribution in [0.3, 0.4) is 0 Å². The Morgan fingerprint density at radius 2 is 2.35 bits per heavy atom. The summed E-state index contributed by atoms with van der Waals surface area (Å²) < 4.78 is 5.02. The summed E-state index contributed by atoms with van der Waals surface area (Å²) in [7, 11) is 0. The van der Waals surface area contributed by atoms with Gasteiger partial charge in [0.15, 0.2) is 11.6 Å². The van der Waals surface area contributed by atoms with Crippen molar-refractivity contribution in [3.8, 4) is 0 Å². The number of carbonyl (C=O) groups excluding carboxylic acids is 1. The molecule has 3 heterocycles. The van der Waals surface area contributed by atoms with Gasteiger partial charge in [0.05, 0.1) is 0 Å². The number of nitrogens with zero attached hydrogens (tertiary/aromatic N) is 4. The summed E-state index contributed by atoms with van der Waals surface area (Å²) in [6.07, 6.45) is 3.57. The van der Waals surface area contributed by atoms with Crippen LogP contribution in [-0.2, 0) is 0 Å². The first-order valence-corrected chi connectivity index (χ1v) is 6.74. The van der Waals surface area contributed by atoms with Crippen LogP contribution in [0.15, 0.2) is 10.7 Å².